The number of aryl methyl sites for hydroxylation is 1. The second-order valence-electron chi connectivity index (χ2n) is 7.51. The van der Waals surface area contributed by atoms with Gasteiger partial charge in [-0.25, -0.2) is 0 Å². The Hall–Kier alpha value is -3.61. The first-order valence-electron chi connectivity index (χ1n) is 9.70. The molecule has 0 spiro atoms. The Kier molecular flexibility index (Phi) is 5.27. The van der Waals surface area contributed by atoms with Crippen molar-refractivity contribution in [3.05, 3.63) is 105 Å². The molecule has 1 N–H and O–H groups in total. The molecule has 158 valence electrons. The zero-order valence-corrected chi connectivity index (χ0v) is 16.6. The number of benzene rings is 3. The Bertz CT molecular complexity index is 1230. The van der Waals surface area contributed by atoms with Crippen LogP contribution < -0.4 is 0 Å². The van der Waals surface area contributed by atoms with Gasteiger partial charge in [0.25, 0.3) is 0 Å². The SMILES string of the molecule is Cc1ccc(-c2[nH]c3ccccc3c2[C@H](C[N+](=O)[O-])c2ccc(C(F)(F)F)cc2)cc1. The van der Waals surface area contributed by atoms with Crippen LogP contribution in [0.2, 0.25) is 0 Å². The molecule has 4 rings (SSSR count). The van der Waals surface area contributed by atoms with Gasteiger partial charge in [0, 0.05) is 15.8 Å². The fraction of sp³-hybridized carbons (Fsp3) is 0.167. The molecule has 0 amide bonds. The summed E-state index contributed by atoms with van der Waals surface area (Å²) in [5.41, 5.74) is 3.86. The van der Waals surface area contributed by atoms with Gasteiger partial charge in [-0.2, -0.15) is 13.2 Å². The highest BCUT2D eigenvalue weighted by atomic mass is 19.4. The van der Waals surface area contributed by atoms with E-state index in [4.69, 9.17) is 0 Å². The fourth-order valence-electron chi connectivity index (χ4n) is 3.89. The van der Waals surface area contributed by atoms with Crippen molar-refractivity contribution in [2.75, 3.05) is 6.54 Å². The van der Waals surface area contributed by atoms with Crippen molar-refractivity contribution in [2.24, 2.45) is 0 Å². The van der Waals surface area contributed by atoms with Crippen LogP contribution in [0.25, 0.3) is 22.2 Å². The molecule has 3 aromatic carbocycles. The highest BCUT2D eigenvalue weighted by Crippen LogP contribution is 2.40. The molecule has 0 aliphatic carbocycles. The molecule has 0 saturated heterocycles. The van der Waals surface area contributed by atoms with Gasteiger partial charge >= 0.3 is 6.18 Å². The third-order valence-electron chi connectivity index (χ3n) is 5.41. The number of halogens is 3. The molecule has 0 aliphatic heterocycles. The molecule has 0 fully saturated rings. The number of fused-ring (bicyclic) bond motifs is 1. The maximum Gasteiger partial charge on any atom is 0.416 e. The predicted molar refractivity (Wildman–Crippen MR) is 114 cm³/mol. The summed E-state index contributed by atoms with van der Waals surface area (Å²) in [5, 5.41) is 12.4. The summed E-state index contributed by atoms with van der Waals surface area (Å²) in [6, 6.07) is 19.8. The highest BCUT2D eigenvalue weighted by molar-refractivity contribution is 5.92. The lowest BCUT2D eigenvalue weighted by atomic mass is 9.87. The normalized spacial score (nSPS) is 12.8. The van der Waals surface area contributed by atoms with Crippen LogP contribution in [0.15, 0.2) is 72.8 Å². The topological polar surface area (TPSA) is 58.9 Å². The fourth-order valence-corrected chi connectivity index (χ4v) is 3.89. The van der Waals surface area contributed by atoms with Gasteiger partial charge in [-0.1, -0.05) is 60.2 Å². The lowest BCUT2D eigenvalue weighted by molar-refractivity contribution is -0.481. The van der Waals surface area contributed by atoms with Crippen LogP contribution in [0.5, 0.6) is 0 Å². The maximum absolute atomic E-state index is 13.0. The number of nitro groups is 1. The van der Waals surface area contributed by atoms with Gasteiger partial charge in [-0.3, -0.25) is 10.1 Å². The number of rotatable bonds is 5. The number of aromatic nitrogens is 1. The minimum Gasteiger partial charge on any atom is -0.354 e. The summed E-state index contributed by atoms with van der Waals surface area (Å²) in [5.74, 6) is -0.718. The van der Waals surface area contributed by atoms with Crippen LogP contribution in [0.3, 0.4) is 0 Å². The zero-order chi connectivity index (χ0) is 22.2. The second kappa shape index (κ2) is 7.91. The maximum atomic E-state index is 13.0. The summed E-state index contributed by atoms with van der Waals surface area (Å²) in [6.45, 7) is 1.53. The standard InChI is InChI=1S/C24H19F3N2O2/c1-15-6-8-17(9-7-15)23-22(19-4-2-3-5-21(19)28-23)20(14-29(30)31)16-10-12-18(13-11-16)24(25,26)27/h2-13,20,28H,14H2,1H3/t20-/m1/s1. The van der Waals surface area contributed by atoms with E-state index >= 15 is 0 Å². The molecule has 0 unspecified atom stereocenters. The Morgan fingerprint density at radius 3 is 2.23 bits per heavy atom. The molecule has 1 atom stereocenters. The van der Waals surface area contributed by atoms with Crippen LogP contribution >= 0.6 is 0 Å². The lowest BCUT2D eigenvalue weighted by Crippen LogP contribution is -2.15. The van der Waals surface area contributed by atoms with Crippen molar-refractivity contribution in [3.63, 3.8) is 0 Å². The van der Waals surface area contributed by atoms with Gasteiger partial charge in [-0.15, -0.1) is 0 Å². The van der Waals surface area contributed by atoms with E-state index in [1.54, 1.807) is 0 Å². The van der Waals surface area contributed by atoms with Crippen LogP contribution in [-0.2, 0) is 6.18 Å². The molecular weight excluding hydrogens is 405 g/mol. The molecule has 0 aliphatic rings. The third-order valence-corrected chi connectivity index (χ3v) is 5.41. The summed E-state index contributed by atoms with van der Waals surface area (Å²) in [6.07, 6.45) is -4.47. The Morgan fingerprint density at radius 2 is 1.61 bits per heavy atom. The van der Waals surface area contributed by atoms with Crippen molar-refractivity contribution < 1.29 is 18.1 Å². The van der Waals surface area contributed by atoms with E-state index in [9.17, 15) is 23.3 Å². The number of alkyl halides is 3. The minimum absolute atomic E-state index is 0.428. The average Bonchev–Trinajstić information content (AvgIpc) is 3.11. The molecular formula is C24H19F3N2O2. The van der Waals surface area contributed by atoms with E-state index < -0.39 is 29.1 Å². The monoisotopic (exact) mass is 424 g/mol. The number of aromatic amines is 1. The molecule has 4 aromatic rings. The largest absolute Gasteiger partial charge is 0.416 e. The molecule has 1 heterocycles. The number of para-hydroxylation sites is 1. The summed E-state index contributed by atoms with van der Waals surface area (Å²) < 4.78 is 39.1. The number of hydrogen-bond donors (Lipinski definition) is 1. The van der Waals surface area contributed by atoms with Crippen molar-refractivity contribution in [1.29, 1.82) is 0 Å². The van der Waals surface area contributed by atoms with Crippen LogP contribution in [0, 0.1) is 17.0 Å². The van der Waals surface area contributed by atoms with Gasteiger partial charge < -0.3 is 4.98 Å². The molecule has 4 nitrogen and oxygen atoms in total. The van der Waals surface area contributed by atoms with E-state index in [1.165, 1.54) is 12.1 Å². The first-order valence-corrected chi connectivity index (χ1v) is 9.70. The molecule has 31 heavy (non-hydrogen) atoms. The van der Waals surface area contributed by atoms with E-state index in [-0.39, 0.29) is 0 Å². The van der Waals surface area contributed by atoms with E-state index in [0.29, 0.717) is 11.1 Å². The minimum atomic E-state index is -4.47. The van der Waals surface area contributed by atoms with Crippen LogP contribution in [0.4, 0.5) is 13.2 Å². The number of H-pyrrole nitrogens is 1. The Labute approximate surface area is 176 Å². The Balaban J connectivity index is 1.92. The van der Waals surface area contributed by atoms with E-state index in [1.807, 2.05) is 55.5 Å². The molecule has 0 radical (unpaired) electrons. The zero-order valence-electron chi connectivity index (χ0n) is 16.6. The first-order chi connectivity index (χ1) is 14.7. The predicted octanol–water partition coefficient (Wildman–Crippen LogP) is 6.57. The van der Waals surface area contributed by atoms with Crippen molar-refractivity contribution in [2.45, 2.75) is 19.0 Å². The number of nitrogens with zero attached hydrogens (tertiary/aromatic N) is 1. The summed E-state index contributed by atoms with van der Waals surface area (Å²) in [7, 11) is 0. The van der Waals surface area contributed by atoms with Gasteiger partial charge in [-0.05, 0) is 41.8 Å². The first kappa shape index (κ1) is 20.7. The Morgan fingerprint density at radius 1 is 0.968 bits per heavy atom. The van der Waals surface area contributed by atoms with Gasteiger partial charge in [0.1, 0.15) is 0 Å². The molecule has 0 bridgehead atoms. The van der Waals surface area contributed by atoms with E-state index in [0.717, 1.165) is 39.9 Å². The quantitative estimate of drug-likeness (QED) is 0.291. The number of nitrogens with one attached hydrogen (secondary N) is 1. The van der Waals surface area contributed by atoms with Gasteiger partial charge in [0.15, 0.2) is 0 Å². The average molecular weight is 424 g/mol. The highest BCUT2D eigenvalue weighted by Gasteiger charge is 2.32. The van der Waals surface area contributed by atoms with Crippen molar-refractivity contribution >= 4 is 10.9 Å². The van der Waals surface area contributed by atoms with Crippen LogP contribution in [-0.4, -0.2) is 16.5 Å². The smallest absolute Gasteiger partial charge is 0.354 e. The van der Waals surface area contributed by atoms with Crippen LogP contribution in [0.1, 0.15) is 28.2 Å². The molecule has 0 saturated carbocycles. The third kappa shape index (κ3) is 4.17. The number of hydrogen-bond acceptors (Lipinski definition) is 2. The second-order valence-corrected chi connectivity index (χ2v) is 7.51. The summed E-state index contributed by atoms with van der Waals surface area (Å²) >= 11 is 0. The molecule has 1 aromatic heterocycles. The van der Waals surface area contributed by atoms with Gasteiger partial charge in [0.2, 0.25) is 6.54 Å². The lowest BCUT2D eigenvalue weighted by Gasteiger charge is -2.17. The molecule has 7 heteroatoms. The summed E-state index contributed by atoms with van der Waals surface area (Å²) in [4.78, 5) is 14.5. The van der Waals surface area contributed by atoms with Crippen molar-refractivity contribution in [3.8, 4) is 11.3 Å². The van der Waals surface area contributed by atoms with Gasteiger partial charge in [0.05, 0.1) is 17.2 Å². The van der Waals surface area contributed by atoms with Crippen molar-refractivity contribution in [1.82, 2.24) is 4.98 Å². The van der Waals surface area contributed by atoms with E-state index in [2.05, 4.69) is 4.98 Å².